The van der Waals surface area contributed by atoms with Gasteiger partial charge in [0, 0.05) is 6.04 Å². The van der Waals surface area contributed by atoms with Crippen molar-refractivity contribution in [3.8, 4) is 0 Å². The largest absolute Gasteiger partial charge is 0.813 e. The highest BCUT2D eigenvalue weighted by atomic mass is 32.1. The summed E-state index contributed by atoms with van der Waals surface area (Å²) in [5.41, 5.74) is 1.14. The molecule has 0 aliphatic heterocycles. The molecule has 0 unspecified atom stereocenters. The summed E-state index contributed by atoms with van der Waals surface area (Å²) in [6.45, 7) is 2.01. The lowest BCUT2D eigenvalue weighted by molar-refractivity contribution is 0.229. The lowest BCUT2D eigenvalue weighted by Crippen LogP contribution is -2.43. The maximum absolute atomic E-state index is 11.9. The van der Waals surface area contributed by atoms with Crippen LogP contribution in [0.15, 0.2) is 30.3 Å². The van der Waals surface area contributed by atoms with Gasteiger partial charge in [-0.3, -0.25) is 0 Å². The summed E-state index contributed by atoms with van der Waals surface area (Å²) in [6.07, 6.45) is 6.01. The van der Waals surface area contributed by atoms with Gasteiger partial charge in [-0.25, -0.2) is 4.79 Å². The third kappa shape index (κ3) is 5.15. The number of hydrogen-bond acceptors (Lipinski definition) is 2. The molecule has 1 aromatic carbocycles. The van der Waals surface area contributed by atoms with Crippen LogP contribution in [-0.2, 0) is 13.5 Å². The molecule has 1 aliphatic carbocycles. The van der Waals surface area contributed by atoms with E-state index in [1.54, 1.807) is 0 Å². The predicted octanol–water partition coefficient (Wildman–Crippen LogP) is 3.11. The third-order valence-corrected chi connectivity index (χ3v) is 3.59. The average Bonchev–Trinajstić information content (AvgIpc) is 2.40. The molecule has 1 saturated carbocycles. The first-order valence-electron chi connectivity index (χ1n) is 6.87. The van der Waals surface area contributed by atoms with Gasteiger partial charge in [-0.05, 0) is 25.3 Å². The van der Waals surface area contributed by atoms with Crippen LogP contribution in [-0.4, -0.2) is 12.1 Å². The van der Waals surface area contributed by atoms with E-state index in [0.717, 1.165) is 18.4 Å². The van der Waals surface area contributed by atoms with E-state index in [-0.39, 0.29) is 25.6 Å². The Labute approximate surface area is 122 Å². The summed E-state index contributed by atoms with van der Waals surface area (Å²) in [7, 11) is 0. The van der Waals surface area contributed by atoms with E-state index in [1.807, 2.05) is 37.3 Å². The molecule has 1 aliphatic rings. The van der Waals surface area contributed by atoms with Crippen molar-refractivity contribution >= 4 is 19.5 Å². The molecule has 2 N–H and O–H groups in total. The summed E-state index contributed by atoms with van der Waals surface area (Å²) in [5.74, 6) is 0. The zero-order valence-corrected chi connectivity index (χ0v) is 12.3. The van der Waals surface area contributed by atoms with Gasteiger partial charge in [0.2, 0.25) is 0 Å². The Kier molecular flexibility index (Phi) is 6.78. The zero-order valence-electron chi connectivity index (χ0n) is 11.4. The van der Waals surface area contributed by atoms with Crippen LogP contribution in [0, 0.1) is 0 Å². The van der Waals surface area contributed by atoms with Gasteiger partial charge in [-0.1, -0.05) is 49.6 Å². The van der Waals surface area contributed by atoms with E-state index < -0.39 is 0 Å². The smallest absolute Gasteiger partial charge is 0.315 e. The average molecular weight is 279 g/mol. The predicted molar refractivity (Wildman–Crippen MR) is 82.2 cm³/mol. The minimum Gasteiger partial charge on any atom is -0.813 e. The van der Waals surface area contributed by atoms with E-state index in [4.69, 9.17) is 0 Å². The van der Waals surface area contributed by atoms with Crippen LogP contribution in [0.1, 0.15) is 50.6 Å². The van der Waals surface area contributed by atoms with Gasteiger partial charge in [-0.15, -0.1) is 0 Å². The molecule has 0 saturated heterocycles. The normalized spacial score (nSPS) is 17.1. The monoisotopic (exact) mass is 279 g/mol. The molecule has 19 heavy (non-hydrogen) atoms. The van der Waals surface area contributed by atoms with Gasteiger partial charge in [0.25, 0.3) is 0 Å². The third-order valence-electron chi connectivity index (χ3n) is 3.59. The number of thiol groups is 1. The summed E-state index contributed by atoms with van der Waals surface area (Å²) in [4.78, 5) is 11.9. The second kappa shape index (κ2) is 8.10. The molecule has 0 radical (unpaired) electrons. The number of hydrogen-bond donors (Lipinski definition) is 2. The molecular weight excluding hydrogens is 256 g/mol. The fraction of sp³-hybridized carbons (Fsp3) is 0.533. The fourth-order valence-corrected chi connectivity index (χ4v) is 2.50. The van der Waals surface area contributed by atoms with Gasteiger partial charge < -0.3 is 24.1 Å². The molecule has 0 heterocycles. The molecule has 2 rings (SSSR count). The summed E-state index contributed by atoms with van der Waals surface area (Å²) in [6, 6.07) is 10.4. The van der Waals surface area contributed by atoms with E-state index >= 15 is 0 Å². The molecule has 1 fully saturated rings. The number of carbonyl (C=O) groups is 1. The van der Waals surface area contributed by atoms with Crippen molar-refractivity contribution in [3.05, 3.63) is 35.9 Å². The van der Waals surface area contributed by atoms with E-state index in [1.165, 1.54) is 19.3 Å². The first kappa shape index (κ1) is 15.9. The number of nitrogens with one attached hydrogen (secondary N) is 2. The van der Waals surface area contributed by atoms with Crippen molar-refractivity contribution in [2.45, 2.75) is 51.1 Å². The molecule has 3 nitrogen and oxygen atoms in total. The quantitative estimate of drug-likeness (QED) is 0.659. The SMILES string of the molecule is C[C@H](NC(=O)NC1CCCCC1)c1ccccc1.[SH-]. The molecule has 1 aromatic rings. The van der Waals surface area contributed by atoms with Crippen molar-refractivity contribution < 1.29 is 4.79 Å². The van der Waals surface area contributed by atoms with Crippen molar-refractivity contribution in [3.63, 3.8) is 0 Å². The maximum Gasteiger partial charge on any atom is 0.315 e. The van der Waals surface area contributed by atoms with Gasteiger partial charge in [-0.2, -0.15) is 0 Å². The Morgan fingerprint density at radius 1 is 1.16 bits per heavy atom. The second-order valence-electron chi connectivity index (χ2n) is 5.09. The minimum absolute atomic E-state index is 0. The van der Waals surface area contributed by atoms with Crippen LogP contribution in [0.4, 0.5) is 4.79 Å². The summed E-state index contributed by atoms with van der Waals surface area (Å²) < 4.78 is 0. The highest BCUT2D eigenvalue weighted by Gasteiger charge is 2.16. The molecule has 0 spiro atoms. The Balaban J connectivity index is 0.00000180. The van der Waals surface area contributed by atoms with Crippen molar-refractivity contribution in [2.24, 2.45) is 0 Å². The molecule has 0 bridgehead atoms. The Hall–Kier alpha value is -1.16. The summed E-state index contributed by atoms with van der Waals surface area (Å²) in [5, 5.41) is 6.06. The molecule has 0 aromatic heterocycles. The Morgan fingerprint density at radius 3 is 2.42 bits per heavy atom. The summed E-state index contributed by atoms with van der Waals surface area (Å²) >= 11 is 0. The first-order chi connectivity index (χ1) is 8.75. The number of carbonyl (C=O) groups excluding carboxylic acids is 1. The maximum atomic E-state index is 11.9. The van der Waals surface area contributed by atoms with Crippen molar-refractivity contribution in [1.82, 2.24) is 10.6 Å². The van der Waals surface area contributed by atoms with Crippen molar-refractivity contribution in [1.29, 1.82) is 0 Å². The van der Waals surface area contributed by atoms with Crippen LogP contribution in [0.25, 0.3) is 0 Å². The lowest BCUT2D eigenvalue weighted by atomic mass is 9.96. The van der Waals surface area contributed by atoms with Crippen LogP contribution in [0.2, 0.25) is 0 Å². The topological polar surface area (TPSA) is 41.1 Å². The molecule has 1 atom stereocenters. The zero-order chi connectivity index (χ0) is 12.8. The van der Waals surface area contributed by atoms with E-state index in [2.05, 4.69) is 10.6 Å². The van der Waals surface area contributed by atoms with E-state index in [9.17, 15) is 4.79 Å². The van der Waals surface area contributed by atoms with Crippen LogP contribution in [0.5, 0.6) is 0 Å². The molecule has 4 heteroatoms. The number of urea groups is 1. The number of benzene rings is 1. The second-order valence-corrected chi connectivity index (χ2v) is 5.09. The van der Waals surface area contributed by atoms with Gasteiger partial charge in [0.05, 0.1) is 6.04 Å². The minimum atomic E-state index is -0.0433. The Bertz CT molecular complexity index is 377. The highest BCUT2D eigenvalue weighted by molar-refractivity contribution is 7.37. The molecular formula is C15H23N2OS-. The van der Waals surface area contributed by atoms with Gasteiger partial charge in [0.1, 0.15) is 0 Å². The van der Waals surface area contributed by atoms with Crippen LogP contribution in [0.3, 0.4) is 0 Å². The number of amides is 2. The van der Waals surface area contributed by atoms with Gasteiger partial charge in [0.15, 0.2) is 0 Å². The molecule has 2 amide bonds. The van der Waals surface area contributed by atoms with Crippen LogP contribution >= 0.6 is 0 Å². The van der Waals surface area contributed by atoms with Crippen LogP contribution < -0.4 is 10.6 Å². The van der Waals surface area contributed by atoms with Crippen molar-refractivity contribution in [2.75, 3.05) is 0 Å². The Morgan fingerprint density at radius 2 is 1.79 bits per heavy atom. The first-order valence-corrected chi connectivity index (χ1v) is 6.87. The standard InChI is InChI=1S/C15H22N2O.H2S/c1-12(13-8-4-2-5-9-13)16-15(18)17-14-10-6-3-7-11-14;/h2,4-5,8-9,12,14H,3,6-7,10-11H2,1H3,(H2,16,17,18);1H2/p-1/t12-;/m0./s1. The van der Waals surface area contributed by atoms with E-state index in [0.29, 0.717) is 6.04 Å². The number of rotatable bonds is 3. The molecule has 106 valence electrons. The fourth-order valence-electron chi connectivity index (χ4n) is 2.50. The van der Waals surface area contributed by atoms with Gasteiger partial charge >= 0.3 is 6.03 Å². The highest BCUT2D eigenvalue weighted by Crippen LogP contribution is 2.17. The lowest BCUT2D eigenvalue weighted by Gasteiger charge is -2.24.